The van der Waals surface area contributed by atoms with E-state index in [0.29, 0.717) is 5.56 Å². The molecule has 1 aromatic rings. The van der Waals surface area contributed by atoms with Gasteiger partial charge in [0.25, 0.3) is 0 Å². The maximum atomic E-state index is 12.5. The van der Waals surface area contributed by atoms with E-state index in [1.807, 2.05) is 19.1 Å². The van der Waals surface area contributed by atoms with E-state index >= 15 is 0 Å². The van der Waals surface area contributed by atoms with Crippen LogP contribution in [-0.4, -0.2) is 0 Å². The Morgan fingerprint density at radius 2 is 1.50 bits per heavy atom. The van der Waals surface area contributed by atoms with Crippen LogP contribution in [0.4, 0.5) is 13.2 Å². The van der Waals surface area contributed by atoms with Gasteiger partial charge in [-0.25, -0.2) is 4.39 Å². The van der Waals surface area contributed by atoms with Crippen molar-refractivity contribution in [3.63, 3.8) is 0 Å². The van der Waals surface area contributed by atoms with Crippen molar-refractivity contribution >= 4 is 0 Å². The summed E-state index contributed by atoms with van der Waals surface area (Å²) in [4.78, 5) is 0. The summed E-state index contributed by atoms with van der Waals surface area (Å²) in [6.45, 7) is 2.00. The monoisotopic (exact) mass is 200 g/mol. The van der Waals surface area contributed by atoms with Crippen molar-refractivity contribution in [3.05, 3.63) is 47.3 Å². The first-order valence-corrected chi connectivity index (χ1v) is 4.41. The normalized spacial score (nSPS) is 10.0. The van der Waals surface area contributed by atoms with Gasteiger partial charge >= 0.3 is 6.08 Å². The van der Waals surface area contributed by atoms with Crippen LogP contribution in [0, 0.1) is 0 Å². The van der Waals surface area contributed by atoms with Crippen LogP contribution < -0.4 is 0 Å². The quantitative estimate of drug-likeness (QED) is 0.694. The molecular formula is C11H11F3. The molecule has 0 spiro atoms. The lowest BCUT2D eigenvalue weighted by molar-refractivity contribution is 0.374. The Morgan fingerprint density at radius 3 is 1.93 bits per heavy atom. The number of benzene rings is 1. The summed E-state index contributed by atoms with van der Waals surface area (Å²) in [5, 5.41) is 0. The van der Waals surface area contributed by atoms with E-state index in [0.717, 1.165) is 12.0 Å². The second kappa shape index (κ2) is 4.84. The zero-order valence-electron chi connectivity index (χ0n) is 7.86. The lowest BCUT2D eigenvalue weighted by Crippen LogP contribution is -1.88. The van der Waals surface area contributed by atoms with Crippen LogP contribution in [0.5, 0.6) is 0 Å². The zero-order valence-corrected chi connectivity index (χ0v) is 7.86. The third-order valence-electron chi connectivity index (χ3n) is 2.00. The highest BCUT2D eigenvalue weighted by Gasteiger charge is 2.05. The van der Waals surface area contributed by atoms with Gasteiger partial charge in [0, 0.05) is 6.42 Å². The van der Waals surface area contributed by atoms with Crippen molar-refractivity contribution in [3.8, 4) is 0 Å². The Morgan fingerprint density at radius 1 is 1.00 bits per heavy atom. The van der Waals surface area contributed by atoms with Crippen molar-refractivity contribution in [1.82, 2.24) is 0 Å². The fourth-order valence-corrected chi connectivity index (χ4v) is 1.14. The van der Waals surface area contributed by atoms with Gasteiger partial charge in [-0.2, -0.15) is 8.78 Å². The molecule has 0 saturated heterocycles. The lowest BCUT2D eigenvalue weighted by Gasteiger charge is -2.00. The van der Waals surface area contributed by atoms with Gasteiger partial charge < -0.3 is 0 Å². The molecule has 0 saturated carbocycles. The summed E-state index contributed by atoms with van der Waals surface area (Å²) >= 11 is 0. The molecule has 0 aromatic heterocycles. The molecule has 1 rings (SSSR count). The molecule has 0 heterocycles. The number of hydrogen-bond donors (Lipinski definition) is 0. The van der Waals surface area contributed by atoms with Gasteiger partial charge in [-0.15, -0.1) is 0 Å². The highest BCUT2D eigenvalue weighted by Crippen LogP contribution is 2.16. The largest absolute Gasteiger partial charge is 0.301 e. The molecule has 0 nitrogen and oxygen atoms in total. The minimum atomic E-state index is -2.23. The van der Waals surface area contributed by atoms with E-state index in [-0.39, 0.29) is 6.42 Å². The second-order valence-electron chi connectivity index (χ2n) is 3.01. The molecule has 0 amide bonds. The molecule has 0 fully saturated rings. The first-order chi connectivity index (χ1) is 6.63. The Labute approximate surface area is 81.1 Å². The Bertz CT molecular complexity index is 321. The van der Waals surface area contributed by atoms with Crippen molar-refractivity contribution in [2.75, 3.05) is 0 Å². The van der Waals surface area contributed by atoms with Crippen LogP contribution in [-0.2, 0) is 12.8 Å². The van der Waals surface area contributed by atoms with Crippen LogP contribution in [0.3, 0.4) is 0 Å². The summed E-state index contributed by atoms with van der Waals surface area (Å²) < 4.78 is 36.1. The third kappa shape index (κ3) is 2.91. The standard InChI is InChI=1S/C11H11F3/c1-2-8-3-5-9(6-4-8)7-10(12)11(13)14/h3-6H,2,7H2,1H3. The lowest BCUT2D eigenvalue weighted by atomic mass is 10.1. The molecule has 0 aliphatic rings. The highest BCUT2D eigenvalue weighted by atomic mass is 19.3. The summed E-state index contributed by atoms with van der Waals surface area (Å²) in [5.74, 6) is -1.35. The minimum absolute atomic E-state index is 0.327. The molecule has 0 unspecified atom stereocenters. The molecule has 76 valence electrons. The predicted molar refractivity (Wildman–Crippen MR) is 49.9 cm³/mol. The van der Waals surface area contributed by atoms with Crippen molar-refractivity contribution in [2.24, 2.45) is 0 Å². The van der Waals surface area contributed by atoms with Gasteiger partial charge in [-0.1, -0.05) is 31.2 Å². The third-order valence-corrected chi connectivity index (χ3v) is 2.00. The van der Waals surface area contributed by atoms with Crippen LogP contribution in [0.15, 0.2) is 36.2 Å². The van der Waals surface area contributed by atoms with Crippen molar-refractivity contribution < 1.29 is 13.2 Å². The Kier molecular flexibility index (Phi) is 3.74. The molecule has 1 aromatic carbocycles. The first kappa shape index (κ1) is 10.8. The maximum absolute atomic E-state index is 12.5. The Hall–Kier alpha value is -1.25. The van der Waals surface area contributed by atoms with Crippen molar-refractivity contribution in [1.29, 1.82) is 0 Å². The fourth-order valence-electron chi connectivity index (χ4n) is 1.14. The van der Waals surface area contributed by atoms with Crippen LogP contribution in [0.1, 0.15) is 18.1 Å². The smallest absolute Gasteiger partial charge is 0.206 e. The summed E-state index contributed by atoms with van der Waals surface area (Å²) in [7, 11) is 0. The molecule has 14 heavy (non-hydrogen) atoms. The molecule has 3 heteroatoms. The zero-order chi connectivity index (χ0) is 10.6. The topological polar surface area (TPSA) is 0 Å². The second-order valence-corrected chi connectivity index (χ2v) is 3.01. The summed E-state index contributed by atoms with van der Waals surface area (Å²) in [6, 6.07) is 6.97. The molecule has 0 aliphatic heterocycles. The van der Waals surface area contributed by atoms with Gasteiger partial charge in [0.15, 0.2) is 5.83 Å². The van der Waals surface area contributed by atoms with E-state index < -0.39 is 11.9 Å². The van der Waals surface area contributed by atoms with E-state index in [2.05, 4.69) is 0 Å². The maximum Gasteiger partial charge on any atom is 0.301 e. The highest BCUT2D eigenvalue weighted by molar-refractivity contribution is 5.25. The van der Waals surface area contributed by atoms with E-state index in [4.69, 9.17) is 0 Å². The van der Waals surface area contributed by atoms with Gasteiger partial charge in [0.2, 0.25) is 0 Å². The molecular weight excluding hydrogens is 189 g/mol. The van der Waals surface area contributed by atoms with Crippen LogP contribution >= 0.6 is 0 Å². The summed E-state index contributed by atoms with van der Waals surface area (Å²) in [6.07, 6.45) is -1.67. The molecule has 0 aliphatic carbocycles. The molecule has 0 radical (unpaired) electrons. The predicted octanol–water partition coefficient (Wildman–Crippen LogP) is 3.87. The first-order valence-electron chi connectivity index (χ1n) is 4.41. The van der Waals surface area contributed by atoms with Gasteiger partial charge in [-0.05, 0) is 17.5 Å². The van der Waals surface area contributed by atoms with E-state index in [1.165, 1.54) is 0 Å². The number of rotatable bonds is 3. The van der Waals surface area contributed by atoms with Gasteiger partial charge in [0.05, 0.1) is 0 Å². The van der Waals surface area contributed by atoms with Crippen LogP contribution in [0.25, 0.3) is 0 Å². The molecule has 0 atom stereocenters. The molecule has 0 N–H and O–H groups in total. The number of halogens is 3. The average Bonchev–Trinajstić information content (AvgIpc) is 2.19. The summed E-state index contributed by atoms with van der Waals surface area (Å²) in [5.41, 5.74) is 1.67. The van der Waals surface area contributed by atoms with Crippen LogP contribution in [0.2, 0.25) is 0 Å². The van der Waals surface area contributed by atoms with Crippen molar-refractivity contribution in [2.45, 2.75) is 19.8 Å². The average molecular weight is 200 g/mol. The minimum Gasteiger partial charge on any atom is -0.206 e. The number of allylic oxidation sites excluding steroid dienone is 1. The Balaban J connectivity index is 2.74. The fraction of sp³-hybridized carbons (Fsp3) is 0.273. The number of aryl methyl sites for hydroxylation is 1. The SMILES string of the molecule is CCc1ccc(CC(F)=C(F)F)cc1. The van der Waals surface area contributed by atoms with E-state index in [9.17, 15) is 13.2 Å². The van der Waals surface area contributed by atoms with Gasteiger partial charge in [0.1, 0.15) is 0 Å². The number of hydrogen-bond acceptors (Lipinski definition) is 0. The molecule has 0 bridgehead atoms. The van der Waals surface area contributed by atoms with E-state index in [1.54, 1.807) is 12.1 Å². The van der Waals surface area contributed by atoms with Gasteiger partial charge in [-0.3, -0.25) is 0 Å².